The lowest BCUT2D eigenvalue weighted by Gasteiger charge is -2.13. The van der Waals surface area contributed by atoms with Crippen molar-refractivity contribution in [1.29, 1.82) is 0 Å². The summed E-state index contributed by atoms with van der Waals surface area (Å²) in [6.45, 7) is 5.91. The van der Waals surface area contributed by atoms with E-state index >= 15 is 0 Å². The lowest BCUT2D eigenvalue weighted by molar-refractivity contribution is 0.0940. The molecule has 0 fully saturated rings. The van der Waals surface area contributed by atoms with E-state index in [4.69, 9.17) is 11.6 Å². The Hall–Kier alpha value is -1.39. The summed E-state index contributed by atoms with van der Waals surface area (Å²) in [5, 5.41) is 3.40. The fourth-order valence-corrected chi connectivity index (χ4v) is 3.25. The van der Waals surface area contributed by atoms with E-state index in [-0.39, 0.29) is 11.9 Å². The van der Waals surface area contributed by atoms with Crippen LogP contribution >= 0.6 is 22.9 Å². The third-order valence-electron chi connectivity index (χ3n) is 2.92. The molecule has 3 nitrogen and oxygen atoms in total. The van der Waals surface area contributed by atoms with Gasteiger partial charge < -0.3 is 5.32 Å². The predicted octanol–water partition coefficient (Wildman–Crippen LogP) is 3.77. The van der Waals surface area contributed by atoms with Crippen molar-refractivity contribution in [3.05, 3.63) is 50.4 Å². The highest BCUT2D eigenvalue weighted by molar-refractivity contribution is 7.11. The number of amides is 1. The summed E-state index contributed by atoms with van der Waals surface area (Å²) in [6, 6.07) is 5.94. The molecule has 0 saturated carbocycles. The van der Waals surface area contributed by atoms with E-state index in [2.05, 4.69) is 29.4 Å². The Balaban J connectivity index is 2.00. The molecule has 1 N–H and O–H groups in total. The smallest absolute Gasteiger partial charge is 0.254 e. The molecular weight excluding hydrogens is 292 g/mol. The zero-order chi connectivity index (χ0) is 14.7. The molecule has 0 aromatic carbocycles. The Bertz CT molecular complexity index is 624. The van der Waals surface area contributed by atoms with Crippen LogP contribution in [0.25, 0.3) is 0 Å². The molecule has 1 amide bonds. The molecule has 1 unspecified atom stereocenters. The summed E-state index contributed by atoms with van der Waals surface area (Å²) in [5.74, 6) is -0.178. The van der Waals surface area contributed by atoms with Crippen LogP contribution in [0.15, 0.2) is 24.4 Å². The van der Waals surface area contributed by atoms with E-state index in [0.29, 0.717) is 10.6 Å². The molecule has 2 heterocycles. The molecule has 0 aliphatic rings. The van der Waals surface area contributed by atoms with Gasteiger partial charge in [-0.25, -0.2) is 0 Å². The van der Waals surface area contributed by atoms with Crippen molar-refractivity contribution in [2.45, 2.75) is 33.2 Å². The Morgan fingerprint density at radius 1 is 1.45 bits per heavy atom. The van der Waals surface area contributed by atoms with Gasteiger partial charge in [0.2, 0.25) is 0 Å². The van der Waals surface area contributed by atoms with Crippen molar-refractivity contribution in [1.82, 2.24) is 10.3 Å². The van der Waals surface area contributed by atoms with E-state index < -0.39 is 0 Å². The molecule has 0 aliphatic carbocycles. The molecule has 0 radical (unpaired) electrons. The van der Waals surface area contributed by atoms with E-state index in [9.17, 15) is 4.79 Å². The second kappa shape index (κ2) is 6.37. The highest BCUT2D eigenvalue weighted by Gasteiger charge is 2.14. The number of carbonyl (C=O) groups excluding carboxylic acids is 1. The average molecular weight is 309 g/mol. The number of nitrogens with zero attached hydrogens (tertiary/aromatic N) is 1. The number of pyridine rings is 1. The fourth-order valence-electron chi connectivity index (χ4n) is 1.94. The number of nitrogens with one attached hydrogen (secondary N) is 1. The van der Waals surface area contributed by atoms with Crippen LogP contribution in [-0.4, -0.2) is 16.9 Å². The molecule has 2 rings (SSSR count). The molecule has 106 valence electrons. The lowest BCUT2D eigenvalue weighted by Crippen LogP contribution is -2.34. The molecule has 5 heteroatoms. The van der Waals surface area contributed by atoms with Crippen LogP contribution in [-0.2, 0) is 6.42 Å². The minimum absolute atomic E-state index is 0.0536. The summed E-state index contributed by atoms with van der Waals surface area (Å²) >= 11 is 7.83. The monoisotopic (exact) mass is 308 g/mol. The van der Waals surface area contributed by atoms with Crippen molar-refractivity contribution in [2.75, 3.05) is 0 Å². The highest BCUT2D eigenvalue weighted by atomic mass is 35.5. The first-order valence-corrected chi connectivity index (χ1v) is 7.63. The van der Waals surface area contributed by atoms with E-state index in [0.717, 1.165) is 12.1 Å². The van der Waals surface area contributed by atoms with Crippen molar-refractivity contribution in [2.24, 2.45) is 0 Å². The Labute approximate surface area is 128 Å². The second-order valence-corrected chi connectivity index (χ2v) is 6.68. The summed E-state index contributed by atoms with van der Waals surface area (Å²) in [6.07, 6.45) is 2.34. The van der Waals surface area contributed by atoms with Gasteiger partial charge in [0.25, 0.3) is 5.91 Å². The predicted molar refractivity (Wildman–Crippen MR) is 83.7 cm³/mol. The van der Waals surface area contributed by atoms with Crippen molar-refractivity contribution < 1.29 is 4.79 Å². The summed E-state index contributed by atoms with van der Waals surface area (Å²) in [7, 11) is 0. The first kappa shape index (κ1) is 15.0. The number of halogens is 1. The van der Waals surface area contributed by atoms with E-state index in [1.54, 1.807) is 17.4 Å². The Kier molecular flexibility index (Phi) is 4.78. The van der Waals surface area contributed by atoms with Crippen LogP contribution in [0.2, 0.25) is 5.02 Å². The topological polar surface area (TPSA) is 42.0 Å². The molecule has 2 aromatic heterocycles. The van der Waals surface area contributed by atoms with Crippen molar-refractivity contribution in [3.63, 3.8) is 0 Å². The third kappa shape index (κ3) is 3.81. The Morgan fingerprint density at radius 2 is 2.20 bits per heavy atom. The van der Waals surface area contributed by atoms with Crippen LogP contribution in [0.1, 0.15) is 32.7 Å². The maximum absolute atomic E-state index is 12.2. The van der Waals surface area contributed by atoms with Gasteiger partial charge in [0.1, 0.15) is 0 Å². The number of hydrogen-bond donors (Lipinski definition) is 1. The van der Waals surface area contributed by atoms with Crippen LogP contribution in [0, 0.1) is 13.8 Å². The molecule has 1 atom stereocenters. The number of thiophene rings is 1. The number of aryl methyl sites for hydroxylation is 2. The second-order valence-electron chi connectivity index (χ2n) is 4.90. The van der Waals surface area contributed by atoms with E-state index in [1.807, 2.05) is 13.8 Å². The molecular formula is C15H17ClN2OS. The van der Waals surface area contributed by atoms with Gasteiger partial charge in [-0.15, -0.1) is 11.3 Å². The normalized spacial score (nSPS) is 12.2. The van der Waals surface area contributed by atoms with Crippen LogP contribution in [0.3, 0.4) is 0 Å². The maximum atomic E-state index is 12.2. The summed E-state index contributed by atoms with van der Waals surface area (Å²) in [4.78, 5) is 18.8. The van der Waals surface area contributed by atoms with Crippen LogP contribution in [0.4, 0.5) is 0 Å². The summed E-state index contributed by atoms with van der Waals surface area (Å²) < 4.78 is 0. The molecule has 0 spiro atoms. The SMILES string of the molecule is Cc1cc(Cl)c(C(=O)NC(C)Cc2ccc(C)s2)cn1. The largest absolute Gasteiger partial charge is 0.349 e. The van der Waals surface area contributed by atoms with Gasteiger partial charge in [-0.1, -0.05) is 11.6 Å². The minimum atomic E-state index is -0.178. The minimum Gasteiger partial charge on any atom is -0.349 e. The fraction of sp³-hybridized carbons (Fsp3) is 0.333. The molecule has 0 aliphatic heterocycles. The van der Waals surface area contributed by atoms with E-state index in [1.165, 1.54) is 16.0 Å². The van der Waals surface area contributed by atoms with Gasteiger partial charge in [0.05, 0.1) is 10.6 Å². The third-order valence-corrected chi connectivity index (χ3v) is 4.25. The number of aromatic nitrogens is 1. The molecule has 20 heavy (non-hydrogen) atoms. The van der Waals surface area contributed by atoms with Crippen molar-refractivity contribution >= 4 is 28.8 Å². The first-order chi connectivity index (χ1) is 9.45. The number of rotatable bonds is 4. The quantitative estimate of drug-likeness (QED) is 0.934. The first-order valence-electron chi connectivity index (χ1n) is 6.44. The molecule has 2 aromatic rings. The van der Waals surface area contributed by atoms with Crippen LogP contribution in [0.5, 0.6) is 0 Å². The van der Waals surface area contributed by atoms with Crippen molar-refractivity contribution in [3.8, 4) is 0 Å². The summed E-state index contributed by atoms with van der Waals surface area (Å²) in [5.41, 5.74) is 1.22. The number of hydrogen-bond acceptors (Lipinski definition) is 3. The van der Waals surface area contributed by atoms with Gasteiger partial charge in [0, 0.05) is 34.1 Å². The zero-order valence-electron chi connectivity index (χ0n) is 11.7. The highest BCUT2D eigenvalue weighted by Crippen LogP contribution is 2.18. The van der Waals surface area contributed by atoms with Crippen LogP contribution < -0.4 is 5.32 Å². The zero-order valence-corrected chi connectivity index (χ0v) is 13.3. The standard InChI is InChI=1S/C15H17ClN2OS/c1-9-7-14(16)13(8-17-9)15(19)18-10(2)6-12-5-4-11(3)20-12/h4-5,7-8,10H,6H2,1-3H3,(H,18,19). The lowest BCUT2D eigenvalue weighted by atomic mass is 10.2. The van der Waals surface area contributed by atoms with Gasteiger partial charge in [-0.05, 0) is 39.0 Å². The number of carbonyl (C=O) groups is 1. The maximum Gasteiger partial charge on any atom is 0.254 e. The van der Waals surface area contributed by atoms with Gasteiger partial charge >= 0.3 is 0 Å². The Morgan fingerprint density at radius 3 is 2.80 bits per heavy atom. The molecule has 0 bridgehead atoms. The molecule has 0 saturated heterocycles. The van der Waals surface area contributed by atoms with Gasteiger partial charge in [-0.2, -0.15) is 0 Å². The average Bonchev–Trinajstić information content (AvgIpc) is 2.74. The van der Waals surface area contributed by atoms with Gasteiger partial charge in [0.15, 0.2) is 0 Å². The van der Waals surface area contributed by atoms with Gasteiger partial charge in [-0.3, -0.25) is 9.78 Å².